The zero-order chi connectivity index (χ0) is 16.2. The van der Waals surface area contributed by atoms with Gasteiger partial charge in [0.2, 0.25) is 0 Å². The number of thioether (sulfide) groups is 1. The van der Waals surface area contributed by atoms with Gasteiger partial charge in [0.15, 0.2) is 10.9 Å². The number of para-hydroxylation sites is 1. The zero-order valence-corrected chi connectivity index (χ0v) is 13.1. The van der Waals surface area contributed by atoms with Crippen LogP contribution in [0, 0.1) is 5.82 Å². The van der Waals surface area contributed by atoms with E-state index in [0.29, 0.717) is 11.5 Å². The Kier molecular flexibility index (Phi) is 4.47. The molecule has 0 spiro atoms. The maximum atomic E-state index is 13.5. The minimum atomic E-state index is -0.488. The van der Waals surface area contributed by atoms with Gasteiger partial charge in [0.1, 0.15) is 11.6 Å². The summed E-state index contributed by atoms with van der Waals surface area (Å²) in [5.41, 5.74) is 0.123. The molecular formula is C16H14FN3O2S. The summed E-state index contributed by atoms with van der Waals surface area (Å²) in [6.45, 7) is 0. The molecule has 0 atom stereocenters. The lowest BCUT2D eigenvalue weighted by Crippen LogP contribution is -2.11. The van der Waals surface area contributed by atoms with E-state index in [-0.39, 0.29) is 11.4 Å². The van der Waals surface area contributed by atoms with Crippen LogP contribution in [0.5, 0.6) is 0 Å². The van der Waals surface area contributed by atoms with Crippen molar-refractivity contribution in [3.05, 3.63) is 66.1 Å². The smallest absolute Gasteiger partial charge is 0.291 e. The van der Waals surface area contributed by atoms with E-state index in [9.17, 15) is 9.18 Å². The highest BCUT2D eigenvalue weighted by Gasteiger charge is 2.13. The molecule has 0 aliphatic carbocycles. The van der Waals surface area contributed by atoms with Crippen molar-refractivity contribution >= 4 is 23.4 Å². The highest BCUT2D eigenvalue weighted by Crippen LogP contribution is 2.22. The van der Waals surface area contributed by atoms with E-state index in [2.05, 4.69) is 10.3 Å². The van der Waals surface area contributed by atoms with Crippen molar-refractivity contribution in [3.8, 4) is 0 Å². The van der Waals surface area contributed by atoms with Crippen molar-refractivity contribution in [1.82, 2.24) is 9.55 Å². The lowest BCUT2D eigenvalue weighted by atomic mass is 10.3. The quantitative estimate of drug-likeness (QED) is 0.724. The third-order valence-corrected chi connectivity index (χ3v) is 4.21. The van der Waals surface area contributed by atoms with Crippen molar-refractivity contribution in [2.24, 2.45) is 7.05 Å². The fourth-order valence-electron chi connectivity index (χ4n) is 1.95. The highest BCUT2D eigenvalue weighted by molar-refractivity contribution is 7.98. The first-order chi connectivity index (χ1) is 11.1. The molecule has 1 aromatic carbocycles. The average molecular weight is 331 g/mol. The number of hydrogen-bond acceptors (Lipinski definition) is 4. The Morgan fingerprint density at radius 3 is 2.91 bits per heavy atom. The Labute approximate surface area is 136 Å². The van der Waals surface area contributed by atoms with Gasteiger partial charge < -0.3 is 14.3 Å². The molecule has 3 aromatic rings. The molecule has 3 rings (SSSR count). The van der Waals surface area contributed by atoms with Crippen LogP contribution in [0.3, 0.4) is 0 Å². The molecule has 0 saturated heterocycles. The van der Waals surface area contributed by atoms with Crippen LogP contribution >= 0.6 is 11.8 Å². The molecule has 118 valence electrons. The van der Waals surface area contributed by atoms with Crippen LogP contribution in [0.4, 0.5) is 10.1 Å². The van der Waals surface area contributed by atoms with Gasteiger partial charge in [-0.15, -0.1) is 0 Å². The molecular weight excluding hydrogens is 317 g/mol. The Morgan fingerprint density at radius 1 is 1.35 bits per heavy atom. The Bertz CT molecular complexity index is 828. The molecule has 2 aromatic heterocycles. The number of carbonyl (C=O) groups is 1. The standard InChI is InChI=1S/C16H14FN3O2S/c1-20-9-8-18-16(20)23-10-11-6-7-14(22-11)15(21)19-13-5-3-2-4-12(13)17/h2-9H,10H2,1H3,(H,19,21). The number of aryl methyl sites for hydroxylation is 1. The summed E-state index contributed by atoms with van der Waals surface area (Å²) >= 11 is 1.50. The highest BCUT2D eigenvalue weighted by atomic mass is 32.2. The van der Waals surface area contributed by atoms with Gasteiger partial charge in [0.05, 0.1) is 11.4 Å². The number of furan rings is 1. The van der Waals surface area contributed by atoms with Crippen LogP contribution < -0.4 is 5.32 Å². The van der Waals surface area contributed by atoms with Gasteiger partial charge in [0, 0.05) is 19.4 Å². The number of halogens is 1. The Hall–Kier alpha value is -2.54. The minimum absolute atomic E-state index is 0.123. The van der Waals surface area contributed by atoms with Gasteiger partial charge >= 0.3 is 0 Å². The molecule has 0 fully saturated rings. The van der Waals surface area contributed by atoms with Crippen LogP contribution in [0.25, 0.3) is 0 Å². The molecule has 0 saturated carbocycles. The van der Waals surface area contributed by atoms with Crippen LogP contribution in [-0.4, -0.2) is 15.5 Å². The second-order valence-electron chi connectivity index (χ2n) is 4.81. The number of imidazole rings is 1. The van der Waals surface area contributed by atoms with E-state index in [1.54, 1.807) is 30.5 Å². The minimum Gasteiger partial charge on any atom is -0.455 e. The molecule has 0 radical (unpaired) electrons. The number of carbonyl (C=O) groups excluding carboxylic acids is 1. The number of benzene rings is 1. The first-order valence-electron chi connectivity index (χ1n) is 6.88. The fraction of sp³-hybridized carbons (Fsp3) is 0.125. The number of nitrogens with zero attached hydrogens (tertiary/aromatic N) is 2. The molecule has 0 aliphatic rings. The summed E-state index contributed by atoms with van der Waals surface area (Å²) in [5, 5.41) is 3.35. The third kappa shape index (κ3) is 3.62. The number of amides is 1. The first kappa shape index (κ1) is 15.4. The summed E-state index contributed by atoms with van der Waals surface area (Å²) in [7, 11) is 1.91. The van der Waals surface area contributed by atoms with Crippen molar-refractivity contribution in [2.45, 2.75) is 10.9 Å². The third-order valence-electron chi connectivity index (χ3n) is 3.13. The first-order valence-corrected chi connectivity index (χ1v) is 7.87. The van der Waals surface area contributed by atoms with Crippen LogP contribution in [0.15, 0.2) is 58.4 Å². The van der Waals surface area contributed by atoms with E-state index in [1.165, 1.54) is 23.9 Å². The van der Waals surface area contributed by atoms with Crippen LogP contribution in [0.2, 0.25) is 0 Å². The number of aromatic nitrogens is 2. The number of nitrogens with one attached hydrogen (secondary N) is 1. The molecule has 5 nitrogen and oxygen atoms in total. The number of hydrogen-bond donors (Lipinski definition) is 1. The molecule has 0 unspecified atom stereocenters. The van der Waals surface area contributed by atoms with Gasteiger partial charge in [-0.2, -0.15) is 0 Å². The van der Waals surface area contributed by atoms with Crippen molar-refractivity contribution in [2.75, 3.05) is 5.32 Å². The molecule has 1 amide bonds. The lowest BCUT2D eigenvalue weighted by molar-refractivity contribution is 0.0995. The van der Waals surface area contributed by atoms with Gasteiger partial charge in [-0.1, -0.05) is 23.9 Å². The topological polar surface area (TPSA) is 60.1 Å². The fourth-order valence-corrected chi connectivity index (χ4v) is 2.78. The summed E-state index contributed by atoms with van der Waals surface area (Å²) in [5.74, 6) is 0.374. The van der Waals surface area contributed by atoms with E-state index < -0.39 is 11.7 Å². The molecule has 2 heterocycles. The van der Waals surface area contributed by atoms with Crippen molar-refractivity contribution < 1.29 is 13.6 Å². The predicted molar refractivity (Wildman–Crippen MR) is 85.8 cm³/mol. The van der Waals surface area contributed by atoms with Crippen molar-refractivity contribution in [3.63, 3.8) is 0 Å². The number of rotatable bonds is 5. The Morgan fingerprint density at radius 2 is 2.17 bits per heavy atom. The predicted octanol–water partition coefficient (Wildman–Crippen LogP) is 3.70. The van der Waals surface area contributed by atoms with E-state index in [1.807, 2.05) is 17.8 Å². The molecule has 7 heteroatoms. The van der Waals surface area contributed by atoms with Gasteiger partial charge in [-0.25, -0.2) is 9.37 Å². The van der Waals surface area contributed by atoms with Crippen LogP contribution in [0.1, 0.15) is 16.3 Å². The second kappa shape index (κ2) is 6.70. The van der Waals surface area contributed by atoms with Crippen molar-refractivity contribution in [1.29, 1.82) is 0 Å². The lowest BCUT2D eigenvalue weighted by Gasteiger charge is -2.04. The summed E-state index contributed by atoms with van der Waals surface area (Å²) in [6.07, 6.45) is 3.58. The molecule has 1 N–H and O–H groups in total. The largest absolute Gasteiger partial charge is 0.455 e. The summed E-state index contributed by atoms with van der Waals surface area (Å²) < 4.78 is 20.9. The SMILES string of the molecule is Cn1ccnc1SCc1ccc(C(=O)Nc2ccccc2F)o1. The van der Waals surface area contributed by atoms with Crippen LogP contribution in [-0.2, 0) is 12.8 Å². The summed E-state index contributed by atoms with van der Waals surface area (Å²) in [6, 6.07) is 9.29. The normalized spacial score (nSPS) is 10.7. The van der Waals surface area contributed by atoms with Gasteiger partial charge in [-0.05, 0) is 24.3 Å². The monoisotopic (exact) mass is 331 g/mol. The average Bonchev–Trinajstić information content (AvgIpc) is 3.16. The zero-order valence-electron chi connectivity index (χ0n) is 12.3. The Balaban J connectivity index is 1.63. The second-order valence-corrected chi connectivity index (χ2v) is 5.75. The van der Waals surface area contributed by atoms with Gasteiger partial charge in [0.25, 0.3) is 5.91 Å². The van der Waals surface area contributed by atoms with E-state index in [0.717, 1.165) is 5.16 Å². The summed E-state index contributed by atoms with van der Waals surface area (Å²) in [4.78, 5) is 16.3. The molecule has 0 bridgehead atoms. The number of anilines is 1. The maximum Gasteiger partial charge on any atom is 0.291 e. The van der Waals surface area contributed by atoms with E-state index >= 15 is 0 Å². The van der Waals surface area contributed by atoms with Gasteiger partial charge in [-0.3, -0.25) is 4.79 Å². The maximum absolute atomic E-state index is 13.5. The van der Waals surface area contributed by atoms with E-state index in [4.69, 9.17) is 4.42 Å². The molecule has 23 heavy (non-hydrogen) atoms. The molecule has 0 aliphatic heterocycles.